The van der Waals surface area contributed by atoms with Crippen molar-refractivity contribution in [3.05, 3.63) is 53.2 Å². The van der Waals surface area contributed by atoms with Gasteiger partial charge in [-0.15, -0.1) is 0 Å². The van der Waals surface area contributed by atoms with Crippen LogP contribution in [0.15, 0.2) is 36.5 Å². The summed E-state index contributed by atoms with van der Waals surface area (Å²) >= 11 is 0. The molecule has 0 atom stereocenters. The molecule has 7 heteroatoms. The van der Waals surface area contributed by atoms with Crippen molar-refractivity contribution < 1.29 is 19.1 Å². The number of rotatable bonds is 5. The highest BCUT2D eigenvalue weighted by molar-refractivity contribution is 5.97. The maximum atomic E-state index is 12.8. The number of methoxy groups -OCH3 is 1. The van der Waals surface area contributed by atoms with Gasteiger partial charge in [-0.25, -0.2) is 4.98 Å². The van der Waals surface area contributed by atoms with Crippen LogP contribution in [0.3, 0.4) is 0 Å². The minimum absolute atomic E-state index is 0.0539. The molecule has 148 valence electrons. The molecule has 0 N–H and O–H groups in total. The molecule has 1 fully saturated rings. The molecule has 0 spiro atoms. The summed E-state index contributed by atoms with van der Waals surface area (Å²) in [6, 6.07) is 8.89. The summed E-state index contributed by atoms with van der Waals surface area (Å²) in [5.74, 6) is 0.863. The van der Waals surface area contributed by atoms with Crippen LogP contribution in [0.5, 0.6) is 11.6 Å². The minimum Gasteiger partial charge on any atom is -0.496 e. The Labute approximate surface area is 164 Å². The average Bonchev–Trinajstić information content (AvgIpc) is 2.74. The van der Waals surface area contributed by atoms with Crippen LogP contribution < -0.4 is 9.47 Å². The van der Waals surface area contributed by atoms with Gasteiger partial charge in [0.05, 0.1) is 13.7 Å². The smallest absolute Gasteiger partial charge is 0.259 e. The molecule has 1 aromatic heterocycles. The second-order valence-corrected chi connectivity index (χ2v) is 6.56. The van der Waals surface area contributed by atoms with Crippen molar-refractivity contribution in [1.82, 2.24) is 14.8 Å². The maximum Gasteiger partial charge on any atom is 0.259 e. The Morgan fingerprint density at radius 3 is 2.39 bits per heavy atom. The van der Waals surface area contributed by atoms with E-state index in [-0.39, 0.29) is 11.8 Å². The highest BCUT2D eigenvalue weighted by atomic mass is 16.5. The van der Waals surface area contributed by atoms with Crippen LogP contribution in [-0.2, 0) is 0 Å². The molecular weight excluding hydrogens is 358 g/mol. The van der Waals surface area contributed by atoms with Gasteiger partial charge in [0.25, 0.3) is 11.8 Å². The molecule has 1 saturated heterocycles. The van der Waals surface area contributed by atoms with E-state index in [0.29, 0.717) is 55.5 Å². The molecule has 0 radical (unpaired) electrons. The summed E-state index contributed by atoms with van der Waals surface area (Å²) in [7, 11) is 1.59. The molecule has 2 aromatic rings. The highest BCUT2D eigenvalue weighted by Gasteiger charge is 2.27. The van der Waals surface area contributed by atoms with Gasteiger partial charge in [-0.2, -0.15) is 0 Å². The van der Waals surface area contributed by atoms with Gasteiger partial charge in [-0.3, -0.25) is 9.59 Å². The lowest BCUT2D eigenvalue weighted by atomic mass is 10.1. The van der Waals surface area contributed by atoms with E-state index in [2.05, 4.69) is 4.98 Å². The van der Waals surface area contributed by atoms with Crippen molar-refractivity contribution in [3.63, 3.8) is 0 Å². The average molecular weight is 383 g/mol. The fourth-order valence-corrected chi connectivity index (χ4v) is 3.22. The Balaban J connectivity index is 1.66. The fraction of sp³-hybridized carbons (Fsp3) is 0.381. The number of piperazine rings is 1. The maximum absolute atomic E-state index is 12.8. The summed E-state index contributed by atoms with van der Waals surface area (Å²) in [5.41, 5.74) is 2.02. The molecule has 0 bridgehead atoms. The second kappa shape index (κ2) is 8.73. The van der Waals surface area contributed by atoms with Crippen molar-refractivity contribution >= 4 is 11.8 Å². The normalized spacial score (nSPS) is 14.0. The topological polar surface area (TPSA) is 72.0 Å². The number of benzene rings is 1. The minimum atomic E-state index is -0.124. The molecule has 0 saturated carbocycles. The summed E-state index contributed by atoms with van der Waals surface area (Å²) < 4.78 is 10.8. The van der Waals surface area contributed by atoms with Crippen LogP contribution in [-0.4, -0.2) is 66.5 Å². The van der Waals surface area contributed by atoms with Crippen molar-refractivity contribution in [2.45, 2.75) is 13.8 Å². The molecule has 28 heavy (non-hydrogen) atoms. The van der Waals surface area contributed by atoms with E-state index in [4.69, 9.17) is 9.47 Å². The number of nitrogens with zero attached hydrogens (tertiary/aromatic N) is 3. The predicted molar refractivity (Wildman–Crippen MR) is 105 cm³/mol. The molecule has 2 amide bonds. The number of carbonyl (C=O) groups excluding carboxylic acids is 2. The quantitative estimate of drug-likeness (QED) is 0.793. The Morgan fingerprint density at radius 1 is 1.07 bits per heavy atom. The van der Waals surface area contributed by atoms with Crippen LogP contribution in [0.4, 0.5) is 0 Å². The van der Waals surface area contributed by atoms with E-state index < -0.39 is 0 Å². The highest BCUT2D eigenvalue weighted by Crippen LogP contribution is 2.21. The summed E-state index contributed by atoms with van der Waals surface area (Å²) in [6.45, 7) is 6.12. The van der Waals surface area contributed by atoms with E-state index in [1.807, 2.05) is 26.0 Å². The predicted octanol–water partition coefficient (Wildman–Crippen LogP) is 2.40. The number of ether oxygens (including phenoxy) is 2. The Hall–Kier alpha value is -3.09. The first kappa shape index (κ1) is 19.7. The molecule has 1 aliphatic heterocycles. The molecular formula is C21H25N3O4. The standard InChI is InChI=1S/C21H25N3O4/c1-4-28-19-17(6-5-9-22-19)21(26)24-12-10-23(11-13-24)20(25)16-8-7-15(2)18(14-16)27-3/h5-9,14H,4,10-13H2,1-3H3. The zero-order chi connectivity index (χ0) is 20.1. The first-order valence-corrected chi connectivity index (χ1v) is 9.36. The van der Waals surface area contributed by atoms with Gasteiger partial charge < -0.3 is 19.3 Å². The van der Waals surface area contributed by atoms with Gasteiger partial charge in [0.2, 0.25) is 5.88 Å². The zero-order valence-electron chi connectivity index (χ0n) is 16.5. The monoisotopic (exact) mass is 383 g/mol. The molecule has 0 aliphatic carbocycles. The van der Waals surface area contributed by atoms with Crippen LogP contribution in [0, 0.1) is 6.92 Å². The largest absolute Gasteiger partial charge is 0.496 e. The van der Waals surface area contributed by atoms with Crippen molar-refractivity contribution in [2.24, 2.45) is 0 Å². The molecule has 2 heterocycles. The summed E-state index contributed by atoms with van der Waals surface area (Å²) in [4.78, 5) is 33.3. The second-order valence-electron chi connectivity index (χ2n) is 6.56. The first-order chi connectivity index (χ1) is 13.5. The molecule has 1 aromatic carbocycles. The van der Waals surface area contributed by atoms with Crippen LogP contribution >= 0.6 is 0 Å². The van der Waals surface area contributed by atoms with Gasteiger partial charge in [-0.1, -0.05) is 6.07 Å². The molecule has 0 unspecified atom stereocenters. The molecule has 7 nitrogen and oxygen atoms in total. The van der Waals surface area contributed by atoms with E-state index in [9.17, 15) is 9.59 Å². The van der Waals surface area contributed by atoms with E-state index in [1.54, 1.807) is 41.3 Å². The van der Waals surface area contributed by atoms with Crippen LogP contribution in [0.2, 0.25) is 0 Å². The van der Waals surface area contributed by atoms with E-state index in [0.717, 1.165) is 5.56 Å². The van der Waals surface area contributed by atoms with E-state index in [1.165, 1.54) is 0 Å². The lowest BCUT2D eigenvalue weighted by molar-refractivity contribution is 0.0532. The number of carbonyl (C=O) groups is 2. The Bertz CT molecular complexity index is 860. The summed E-state index contributed by atoms with van der Waals surface area (Å²) in [6.07, 6.45) is 1.61. The third kappa shape index (κ3) is 4.08. The summed E-state index contributed by atoms with van der Waals surface area (Å²) in [5, 5.41) is 0. The van der Waals surface area contributed by atoms with Gasteiger partial charge in [0, 0.05) is 37.9 Å². The number of aromatic nitrogens is 1. The van der Waals surface area contributed by atoms with Crippen LogP contribution in [0.1, 0.15) is 33.2 Å². The number of aryl methyl sites for hydroxylation is 1. The zero-order valence-corrected chi connectivity index (χ0v) is 16.5. The third-order valence-corrected chi connectivity index (χ3v) is 4.79. The Morgan fingerprint density at radius 2 is 1.75 bits per heavy atom. The molecule has 3 rings (SSSR count). The third-order valence-electron chi connectivity index (χ3n) is 4.79. The number of hydrogen-bond donors (Lipinski definition) is 0. The number of pyridine rings is 1. The number of amides is 2. The molecule has 1 aliphatic rings. The lowest BCUT2D eigenvalue weighted by Crippen LogP contribution is -2.50. The Kier molecular flexibility index (Phi) is 6.13. The van der Waals surface area contributed by atoms with Crippen molar-refractivity contribution in [1.29, 1.82) is 0 Å². The SMILES string of the molecule is CCOc1ncccc1C(=O)N1CCN(C(=O)c2ccc(C)c(OC)c2)CC1. The lowest BCUT2D eigenvalue weighted by Gasteiger charge is -2.35. The van der Waals surface area contributed by atoms with Crippen molar-refractivity contribution in [2.75, 3.05) is 39.9 Å². The number of hydrogen-bond acceptors (Lipinski definition) is 5. The van der Waals surface area contributed by atoms with Crippen LogP contribution in [0.25, 0.3) is 0 Å². The van der Waals surface area contributed by atoms with Gasteiger partial charge in [-0.05, 0) is 43.7 Å². The van der Waals surface area contributed by atoms with Crippen molar-refractivity contribution in [3.8, 4) is 11.6 Å². The van der Waals surface area contributed by atoms with Gasteiger partial charge >= 0.3 is 0 Å². The van der Waals surface area contributed by atoms with Gasteiger partial charge in [0.15, 0.2) is 0 Å². The first-order valence-electron chi connectivity index (χ1n) is 9.36. The van der Waals surface area contributed by atoms with E-state index >= 15 is 0 Å². The van der Waals surface area contributed by atoms with Gasteiger partial charge in [0.1, 0.15) is 11.3 Å². The fourth-order valence-electron chi connectivity index (χ4n) is 3.22.